The summed E-state index contributed by atoms with van der Waals surface area (Å²) in [6.45, 7) is 2.14. The predicted octanol–water partition coefficient (Wildman–Crippen LogP) is 3.20. The van der Waals surface area contributed by atoms with Crippen LogP contribution in [0.5, 0.6) is 0 Å². The maximum Gasteiger partial charge on any atom is 0.105 e. The summed E-state index contributed by atoms with van der Waals surface area (Å²) in [6, 6.07) is 10.3. The highest BCUT2D eigenvalue weighted by atomic mass is 16.3. The van der Waals surface area contributed by atoms with Gasteiger partial charge in [0.05, 0.1) is 23.7 Å². The van der Waals surface area contributed by atoms with Gasteiger partial charge in [-0.15, -0.1) is 0 Å². The molecule has 0 saturated heterocycles. The van der Waals surface area contributed by atoms with Crippen molar-refractivity contribution >= 4 is 16.6 Å². The Balaban J connectivity index is 1.77. The molecular weight excluding hydrogens is 226 g/mol. The van der Waals surface area contributed by atoms with Crippen LogP contribution in [-0.4, -0.2) is 16.2 Å². The molecule has 2 aromatic heterocycles. The van der Waals surface area contributed by atoms with E-state index >= 15 is 0 Å². The molecule has 1 unspecified atom stereocenters. The van der Waals surface area contributed by atoms with E-state index < -0.39 is 0 Å². The fraction of sp³-hybridized carbons (Fsp3) is 0.214. The molecule has 92 valence electrons. The molecule has 0 aliphatic heterocycles. The van der Waals surface area contributed by atoms with Gasteiger partial charge in [-0.3, -0.25) is 5.10 Å². The van der Waals surface area contributed by atoms with Gasteiger partial charge in [0, 0.05) is 17.8 Å². The van der Waals surface area contributed by atoms with Crippen LogP contribution >= 0.6 is 0 Å². The molecule has 2 N–H and O–H groups in total. The van der Waals surface area contributed by atoms with Crippen LogP contribution in [0.4, 0.5) is 5.69 Å². The van der Waals surface area contributed by atoms with Crippen molar-refractivity contribution in [2.45, 2.75) is 19.4 Å². The monoisotopic (exact) mass is 241 g/mol. The van der Waals surface area contributed by atoms with Crippen LogP contribution < -0.4 is 5.32 Å². The normalized spacial score (nSPS) is 12.7. The van der Waals surface area contributed by atoms with Crippen molar-refractivity contribution in [3.05, 3.63) is 48.6 Å². The van der Waals surface area contributed by atoms with E-state index in [9.17, 15) is 0 Å². The Labute approximate surface area is 105 Å². The number of furan rings is 1. The Morgan fingerprint density at radius 1 is 1.33 bits per heavy atom. The summed E-state index contributed by atoms with van der Waals surface area (Å²) >= 11 is 0. The highest BCUT2D eigenvalue weighted by molar-refractivity contribution is 5.89. The number of nitrogens with zero attached hydrogens (tertiary/aromatic N) is 1. The molecule has 4 heteroatoms. The lowest BCUT2D eigenvalue weighted by molar-refractivity contribution is 0.498. The zero-order chi connectivity index (χ0) is 12.4. The van der Waals surface area contributed by atoms with E-state index in [2.05, 4.69) is 28.5 Å². The molecule has 0 saturated carbocycles. The van der Waals surface area contributed by atoms with Crippen molar-refractivity contribution in [1.29, 1.82) is 0 Å². The lowest BCUT2D eigenvalue weighted by atomic mass is 10.1. The predicted molar refractivity (Wildman–Crippen MR) is 71.6 cm³/mol. The maximum absolute atomic E-state index is 5.35. The Hall–Kier alpha value is -2.23. The molecule has 0 spiro atoms. The Bertz CT molecular complexity index is 627. The quantitative estimate of drug-likeness (QED) is 0.737. The molecular formula is C14H15N3O. The minimum Gasteiger partial charge on any atom is -0.469 e. The van der Waals surface area contributed by atoms with Crippen LogP contribution in [0, 0.1) is 0 Å². The number of fused-ring (bicyclic) bond motifs is 1. The summed E-state index contributed by atoms with van der Waals surface area (Å²) in [5.74, 6) is 0.992. The number of hydrogen-bond acceptors (Lipinski definition) is 3. The molecule has 0 aliphatic carbocycles. The van der Waals surface area contributed by atoms with Gasteiger partial charge in [-0.05, 0) is 25.1 Å². The number of anilines is 1. The summed E-state index contributed by atoms with van der Waals surface area (Å²) in [5, 5.41) is 11.7. The second-order valence-electron chi connectivity index (χ2n) is 4.47. The van der Waals surface area contributed by atoms with E-state index in [4.69, 9.17) is 4.42 Å². The largest absolute Gasteiger partial charge is 0.469 e. The third-order valence-electron chi connectivity index (χ3n) is 2.97. The first kappa shape index (κ1) is 10.9. The first-order valence-electron chi connectivity index (χ1n) is 6.04. The molecule has 3 aromatic rings. The van der Waals surface area contributed by atoms with Crippen LogP contribution in [-0.2, 0) is 6.42 Å². The van der Waals surface area contributed by atoms with Gasteiger partial charge in [-0.1, -0.05) is 12.1 Å². The van der Waals surface area contributed by atoms with Gasteiger partial charge in [0.25, 0.3) is 0 Å². The minimum atomic E-state index is 0.296. The zero-order valence-electron chi connectivity index (χ0n) is 10.2. The average Bonchev–Trinajstić information content (AvgIpc) is 2.99. The second-order valence-corrected chi connectivity index (χ2v) is 4.47. The molecule has 0 fully saturated rings. The van der Waals surface area contributed by atoms with Crippen molar-refractivity contribution in [3.63, 3.8) is 0 Å². The summed E-state index contributed by atoms with van der Waals surface area (Å²) in [5.41, 5.74) is 2.12. The lowest BCUT2D eigenvalue weighted by Crippen LogP contribution is -2.17. The van der Waals surface area contributed by atoms with E-state index in [1.807, 2.05) is 30.5 Å². The van der Waals surface area contributed by atoms with Crippen molar-refractivity contribution < 1.29 is 4.42 Å². The smallest absolute Gasteiger partial charge is 0.105 e. The standard InChI is InChI=1S/C14H15N3O/c1-10(8-12-5-3-7-18-12)16-13-6-2-4-11-9-15-17-14(11)13/h2-7,9-10,16H,8H2,1H3,(H,15,17). The maximum atomic E-state index is 5.35. The van der Waals surface area contributed by atoms with Crippen LogP contribution in [0.3, 0.4) is 0 Å². The zero-order valence-corrected chi connectivity index (χ0v) is 10.2. The number of hydrogen-bond donors (Lipinski definition) is 2. The molecule has 3 rings (SSSR count). The van der Waals surface area contributed by atoms with Crippen LogP contribution in [0.25, 0.3) is 10.9 Å². The molecule has 4 nitrogen and oxygen atoms in total. The first-order valence-corrected chi connectivity index (χ1v) is 6.04. The Kier molecular flexibility index (Phi) is 2.76. The number of para-hydroxylation sites is 1. The summed E-state index contributed by atoms with van der Waals surface area (Å²) < 4.78 is 5.35. The highest BCUT2D eigenvalue weighted by Crippen LogP contribution is 2.21. The third kappa shape index (κ3) is 2.09. The lowest BCUT2D eigenvalue weighted by Gasteiger charge is -2.14. The molecule has 1 aromatic carbocycles. The second kappa shape index (κ2) is 4.56. The molecule has 0 aliphatic rings. The minimum absolute atomic E-state index is 0.296. The molecule has 18 heavy (non-hydrogen) atoms. The SMILES string of the molecule is CC(Cc1ccco1)Nc1cccc2cn[nH]c12. The van der Waals surface area contributed by atoms with E-state index in [1.54, 1.807) is 6.26 Å². The fourth-order valence-corrected chi connectivity index (χ4v) is 2.14. The van der Waals surface area contributed by atoms with Gasteiger partial charge in [0.1, 0.15) is 5.76 Å². The van der Waals surface area contributed by atoms with Gasteiger partial charge in [-0.25, -0.2) is 0 Å². The number of aromatic nitrogens is 2. The summed E-state index contributed by atoms with van der Waals surface area (Å²) in [7, 11) is 0. The van der Waals surface area contributed by atoms with Crippen LogP contribution in [0.15, 0.2) is 47.2 Å². The number of nitrogens with one attached hydrogen (secondary N) is 2. The van der Waals surface area contributed by atoms with E-state index in [1.165, 1.54) is 0 Å². The highest BCUT2D eigenvalue weighted by Gasteiger charge is 2.08. The molecule has 0 bridgehead atoms. The number of rotatable bonds is 4. The number of H-pyrrole nitrogens is 1. The van der Waals surface area contributed by atoms with Gasteiger partial charge in [-0.2, -0.15) is 5.10 Å². The van der Waals surface area contributed by atoms with Crippen molar-refractivity contribution in [2.24, 2.45) is 0 Å². The Morgan fingerprint density at radius 3 is 3.11 bits per heavy atom. The number of aromatic amines is 1. The third-order valence-corrected chi connectivity index (χ3v) is 2.97. The van der Waals surface area contributed by atoms with E-state index in [0.717, 1.165) is 28.8 Å². The van der Waals surface area contributed by atoms with E-state index in [0.29, 0.717) is 6.04 Å². The average molecular weight is 241 g/mol. The van der Waals surface area contributed by atoms with Crippen LogP contribution in [0.2, 0.25) is 0 Å². The summed E-state index contributed by atoms with van der Waals surface area (Å²) in [6.07, 6.45) is 4.40. The Morgan fingerprint density at radius 2 is 2.28 bits per heavy atom. The first-order chi connectivity index (χ1) is 8.83. The molecule has 1 atom stereocenters. The summed E-state index contributed by atoms with van der Waals surface area (Å²) in [4.78, 5) is 0. The van der Waals surface area contributed by atoms with Crippen molar-refractivity contribution in [3.8, 4) is 0 Å². The van der Waals surface area contributed by atoms with E-state index in [-0.39, 0.29) is 0 Å². The van der Waals surface area contributed by atoms with Gasteiger partial charge >= 0.3 is 0 Å². The van der Waals surface area contributed by atoms with Gasteiger partial charge in [0.2, 0.25) is 0 Å². The molecule has 0 radical (unpaired) electrons. The van der Waals surface area contributed by atoms with Crippen LogP contribution in [0.1, 0.15) is 12.7 Å². The fourth-order valence-electron chi connectivity index (χ4n) is 2.14. The topological polar surface area (TPSA) is 53.9 Å². The molecule has 2 heterocycles. The molecule has 0 amide bonds. The van der Waals surface area contributed by atoms with Gasteiger partial charge in [0.15, 0.2) is 0 Å². The van der Waals surface area contributed by atoms with Crippen molar-refractivity contribution in [2.75, 3.05) is 5.32 Å². The number of benzene rings is 1. The van der Waals surface area contributed by atoms with Gasteiger partial charge < -0.3 is 9.73 Å². The van der Waals surface area contributed by atoms with Crippen molar-refractivity contribution in [1.82, 2.24) is 10.2 Å².